The predicted molar refractivity (Wildman–Crippen MR) is 72.8 cm³/mol. The van der Waals surface area contributed by atoms with Crippen LogP contribution in [0.4, 0.5) is 0 Å². The largest absolute Gasteiger partial charge is 0.465 e. The van der Waals surface area contributed by atoms with Crippen LogP contribution in [0, 0.1) is 5.41 Å². The first kappa shape index (κ1) is 16.9. The van der Waals surface area contributed by atoms with Crippen LogP contribution >= 0.6 is 12.4 Å². The first-order valence-corrected chi connectivity index (χ1v) is 5.47. The number of hydrogen-bond acceptors (Lipinski definition) is 4. The summed E-state index contributed by atoms with van der Waals surface area (Å²) in [5.74, 6) is -0.388. The smallest absolute Gasteiger partial charge is 0.337 e. The molecular formula is C13H20ClNO3. The molecule has 1 atom stereocenters. The van der Waals surface area contributed by atoms with Gasteiger partial charge in [0, 0.05) is 18.1 Å². The summed E-state index contributed by atoms with van der Waals surface area (Å²) in [5.41, 5.74) is 6.92. The second kappa shape index (κ2) is 6.73. The Hall–Kier alpha value is -1.10. The highest BCUT2D eigenvalue weighted by Crippen LogP contribution is 2.30. The minimum absolute atomic E-state index is 0. The molecule has 18 heavy (non-hydrogen) atoms. The third-order valence-electron chi connectivity index (χ3n) is 2.92. The van der Waals surface area contributed by atoms with Crippen molar-refractivity contribution in [3.05, 3.63) is 35.4 Å². The molecule has 102 valence electrons. The number of carbonyl (C=O) groups excluding carboxylic acids is 1. The summed E-state index contributed by atoms with van der Waals surface area (Å²) in [4.78, 5) is 11.4. The number of esters is 1. The maximum absolute atomic E-state index is 11.4. The average Bonchev–Trinajstić information content (AvgIpc) is 2.36. The van der Waals surface area contributed by atoms with E-state index in [1.54, 1.807) is 18.2 Å². The molecule has 0 aliphatic heterocycles. The van der Waals surface area contributed by atoms with Gasteiger partial charge in [-0.15, -0.1) is 12.4 Å². The van der Waals surface area contributed by atoms with E-state index in [9.17, 15) is 9.90 Å². The molecule has 0 aliphatic rings. The van der Waals surface area contributed by atoms with Crippen LogP contribution in [0.25, 0.3) is 0 Å². The van der Waals surface area contributed by atoms with Crippen molar-refractivity contribution >= 4 is 18.4 Å². The van der Waals surface area contributed by atoms with E-state index >= 15 is 0 Å². The Balaban J connectivity index is 0.00000289. The highest BCUT2D eigenvalue weighted by atomic mass is 35.5. The molecule has 0 saturated carbocycles. The number of halogens is 1. The van der Waals surface area contributed by atoms with Gasteiger partial charge in [0.05, 0.1) is 12.7 Å². The molecule has 0 aliphatic carbocycles. The fraction of sp³-hybridized carbons (Fsp3) is 0.462. The Morgan fingerprint density at radius 3 is 2.61 bits per heavy atom. The molecule has 4 nitrogen and oxygen atoms in total. The van der Waals surface area contributed by atoms with Gasteiger partial charge < -0.3 is 15.6 Å². The Labute approximate surface area is 114 Å². The molecule has 0 fully saturated rings. The van der Waals surface area contributed by atoms with E-state index in [1.807, 2.05) is 19.9 Å². The number of methoxy groups -OCH3 is 1. The highest BCUT2D eigenvalue weighted by Gasteiger charge is 2.27. The van der Waals surface area contributed by atoms with Gasteiger partial charge in [0.15, 0.2) is 0 Å². The minimum atomic E-state index is -0.436. The van der Waals surface area contributed by atoms with Crippen molar-refractivity contribution in [2.75, 3.05) is 13.7 Å². The number of aliphatic hydroxyl groups excluding tert-OH is 1. The van der Waals surface area contributed by atoms with Gasteiger partial charge >= 0.3 is 5.97 Å². The summed E-state index contributed by atoms with van der Waals surface area (Å²) in [7, 11) is 1.34. The van der Waals surface area contributed by atoms with Crippen LogP contribution in [-0.2, 0) is 4.74 Å². The molecule has 0 heterocycles. The molecule has 0 radical (unpaired) electrons. The zero-order valence-electron chi connectivity index (χ0n) is 10.8. The van der Waals surface area contributed by atoms with E-state index in [1.165, 1.54) is 7.11 Å². The zero-order chi connectivity index (χ0) is 13.1. The van der Waals surface area contributed by atoms with E-state index < -0.39 is 5.41 Å². The molecule has 0 spiro atoms. The van der Waals surface area contributed by atoms with Crippen LogP contribution in [0.3, 0.4) is 0 Å². The summed E-state index contributed by atoms with van der Waals surface area (Å²) in [6.07, 6.45) is 0. The lowest BCUT2D eigenvalue weighted by molar-refractivity contribution is 0.0600. The Bertz CT molecular complexity index is 407. The maximum Gasteiger partial charge on any atom is 0.337 e. The fourth-order valence-corrected chi connectivity index (χ4v) is 1.53. The van der Waals surface area contributed by atoms with Gasteiger partial charge in [0.1, 0.15) is 0 Å². The molecular weight excluding hydrogens is 254 g/mol. The maximum atomic E-state index is 11.4. The summed E-state index contributed by atoms with van der Waals surface area (Å²) < 4.78 is 4.65. The van der Waals surface area contributed by atoms with Crippen molar-refractivity contribution < 1.29 is 14.6 Å². The first-order chi connectivity index (χ1) is 7.92. The monoisotopic (exact) mass is 273 g/mol. The summed E-state index contributed by atoms with van der Waals surface area (Å²) >= 11 is 0. The summed E-state index contributed by atoms with van der Waals surface area (Å²) in [6.45, 7) is 3.74. The van der Waals surface area contributed by atoms with Crippen molar-refractivity contribution in [2.45, 2.75) is 19.9 Å². The number of aliphatic hydroxyl groups is 1. The number of hydrogen-bond donors (Lipinski definition) is 2. The molecule has 0 amide bonds. The van der Waals surface area contributed by atoms with E-state index in [4.69, 9.17) is 5.73 Å². The van der Waals surface area contributed by atoms with Gasteiger partial charge in [-0.3, -0.25) is 0 Å². The molecule has 0 unspecified atom stereocenters. The quantitative estimate of drug-likeness (QED) is 0.822. The lowest BCUT2D eigenvalue weighted by Gasteiger charge is -2.29. The Kier molecular flexibility index (Phi) is 6.32. The molecule has 1 rings (SSSR count). The SMILES string of the molecule is COC(=O)c1cccc([C@H](N)C(C)(C)CO)c1.Cl. The van der Waals surface area contributed by atoms with E-state index in [2.05, 4.69) is 4.74 Å². The molecule has 1 aromatic carbocycles. The molecule has 0 bridgehead atoms. The highest BCUT2D eigenvalue weighted by molar-refractivity contribution is 5.89. The lowest BCUT2D eigenvalue weighted by Crippen LogP contribution is -2.32. The minimum Gasteiger partial charge on any atom is -0.465 e. The summed E-state index contributed by atoms with van der Waals surface area (Å²) in [5, 5.41) is 9.28. The fourth-order valence-electron chi connectivity index (χ4n) is 1.53. The van der Waals surface area contributed by atoms with Gasteiger partial charge in [-0.25, -0.2) is 4.79 Å². The third-order valence-corrected chi connectivity index (χ3v) is 2.92. The second-order valence-corrected chi connectivity index (χ2v) is 4.74. The van der Waals surface area contributed by atoms with E-state index in [0.717, 1.165) is 5.56 Å². The Morgan fingerprint density at radius 2 is 2.11 bits per heavy atom. The summed E-state index contributed by atoms with van der Waals surface area (Å²) in [6, 6.07) is 6.64. The topological polar surface area (TPSA) is 72.5 Å². The number of carbonyl (C=O) groups is 1. The van der Waals surface area contributed by atoms with Gasteiger partial charge in [-0.1, -0.05) is 26.0 Å². The van der Waals surface area contributed by atoms with Gasteiger partial charge in [-0.05, 0) is 17.7 Å². The average molecular weight is 274 g/mol. The van der Waals surface area contributed by atoms with E-state index in [0.29, 0.717) is 5.56 Å². The molecule has 1 aromatic rings. The van der Waals surface area contributed by atoms with Crippen molar-refractivity contribution in [1.29, 1.82) is 0 Å². The third kappa shape index (κ3) is 3.70. The van der Waals surface area contributed by atoms with Crippen LogP contribution in [0.15, 0.2) is 24.3 Å². The molecule has 0 aromatic heterocycles. The second-order valence-electron chi connectivity index (χ2n) is 4.74. The van der Waals surface area contributed by atoms with Crippen LogP contribution in [0.2, 0.25) is 0 Å². The number of benzene rings is 1. The van der Waals surface area contributed by atoms with Crippen molar-refractivity contribution in [2.24, 2.45) is 11.1 Å². The molecule has 3 N–H and O–H groups in total. The number of ether oxygens (including phenoxy) is 1. The van der Waals surface area contributed by atoms with Gasteiger partial charge in [-0.2, -0.15) is 0 Å². The van der Waals surface area contributed by atoms with Crippen LogP contribution in [0.5, 0.6) is 0 Å². The zero-order valence-corrected chi connectivity index (χ0v) is 11.7. The van der Waals surface area contributed by atoms with Crippen molar-refractivity contribution in [1.82, 2.24) is 0 Å². The van der Waals surface area contributed by atoms with Gasteiger partial charge in [0.25, 0.3) is 0 Å². The first-order valence-electron chi connectivity index (χ1n) is 5.47. The number of rotatable bonds is 4. The normalized spacial score (nSPS) is 12.5. The van der Waals surface area contributed by atoms with Crippen LogP contribution in [0.1, 0.15) is 35.8 Å². The van der Waals surface area contributed by atoms with Crippen LogP contribution < -0.4 is 5.73 Å². The Morgan fingerprint density at radius 1 is 1.50 bits per heavy atom. The predicted octanol–water partition coefficient (Wildman–Crippen LogP) is 1.91. The van der Waals surface area contributed by atoms with Crippen molar-refractivity contribution in [3.63, 3.8) is 0 Å². The van der Waals surface area contributed by atoms with Gasteiger partial charge in [0.2, 0.25) is 0 Å². The number of nitrogens with two attached hydrogens (primary N) is 1. The molecule has 5 heteroatoms. The lowest BCUT2D eigenvalue weighted by atomic mass is 9.81. The molecule has 0 saturated heterocycles. The van der Waals surface area contributed by atoms with E-state index in [-0.39, 0.29) is 31.0 Å². The van der Waals surface area contributed by atoms with Crippen LogP contribution in [-0.4, -0.2) is 24.8 Å². The standard InChI is InChI=1S/C13H19NO3.ClH/c1-13(2,8-15)11(14)9-5-4-6-10(7-9)12(16)17-3;/h4-7,11,15H,8,14H2,1-3H3;1H/t11-;/m0./s1. The van der Waals surface area contributed by atoms with Crippen molar-refractivity contribution in [3.8, 4) is 0 Å².